The van der Waals surface area contributed by atoms with Crippen LogP contribution in [0, 0.1) is 0 Å². The van der Waals surface area contributed by atoms with Crippen molar-refractivity contribution in [2.24, 2.45) is 0 Å². The topological polar surface area (TPSA) is 44.2 Å². The first-order valence-corrected chi connectivity index (χ1v) is 9.18. The van der Waals surface area contributed by atoms with E-state index in [1.54, 1.807) is 0 Å². The molecule has 0 amide bonds. The Morgan fingerprint density at radius 2 is 1.40 bits per heavy atom. The molecule has 0 aliphatic rings. The third-order valence-corrected chi connectivity index (χ3v) is 5.12. The van der Waals surface area contributed by atoms with Crippen molar-refractivity contribution in [1.82, 2.24) is 6.15 Å². The van der Waals surface area contributed by atoms with Gasteiger partial charge in [-0.05, 0) is 26.2 Å². The summed E-state index contributed by atoms with van der Waals surface area (Å²) in [6, 6.07) is 0. The Bertz CT molecular complexity index is 197. The fraction of sp³-hybridized carbons (Fsp3) is 1.00. The van der Waals surface area contributed by atoms with Crippen molar-refractivity contribution in [3.63, 3.8) is 0 Å². The molecule has 0 saturated heterocycles. The predicted molar refractivity (Wildman–Crippen MR) is 95.3 cm³/mol. The maximum absolute atomic E-state index is 6.05. The van der Waals surface area contributed by atoms with Gasteiger partial charge in [0.25, 0.3) is 0 Å². The van der Waals surface area contributed by atoms with E-state index in [0.29, 0.717) is 6.10 Å². The van der Waals surface area contributed by atoms with Gasteiger partial charge in [0.1, 0.15) is 0 Å². The van der Waals surface area contributed by atoms with Crippen LogP contribution in [-0.4, -0.2) is 17.0 Å². The molecule has 3 heteroatoms. The fourth-order valence-electron chi connectivity index (χ4n) is 2.41. The van der Waals surface area contributed by atoms with Gasteiger partial charge >= 0.3 is 0 Å². The fourth-order valence-corrected chi connectivity index (χ4v) is 2.86. The molecule has 0 aliphatic heterocycles. The highest BCUT2D eigenvalue weighted by Gasteiger charge is 2.28. The van der Waals surface area contributed by atoms with Gasteiger partial charge in [-0.1, -0.05) is 81.6 Å². The van der Waals surface area contributed by atoms with E-state index in [1.165, 1.54) is 51.4 Å². The first-order valence-electron chi connectivity index (χ1n) is 8.39. The Kier molecular flexibility index (Phi) is 16.3. The number of ether oxygens (including phenoxy) is 1. The zero-order chi connectivity index (χ0) is 14.6. The number of rotatable bonds is 13. The highest BCUT2D eigenvalue weighted by Crippen LogP contribution is 2.30. The normalized spacial score (nSPS) is 15.4. The molecule has 0 aromatic heterocycles. The molecule has 0 bridgehead atoms. The van der Waals surface area contributed by atoms with Crippen LogP contribution in [0.15, 0.2) is 0 Å². The molecule has 2 atom stereocenters. The highest BCUT2D eigenvalue weighted by atomic mass is 79.9. The predicted octanol–water partition coefficient (Wildman–Crippen LogP) is 6.65. The van der Waals surface area contributed by atoms with E-state index in [2.05, 4.69) is 43.6 Å². The zero-order valence-electron chi connectivity index (χ0n) is 14.3. The summed E-state index contributed by atoms with van der Waals surface area (Å²) in [4.78, 5) is 0. The lowest BCUT2D eigenvalue weighted by atomic mass is 9.99. The number of unbranched alkanes of at least 4 members (excludes halogenated alkanes) is 7. The highest BCUT2D eigenvalue weighted by molar-refractivity contribution is 9.10. The minimum atomic E-state index is 0. The van der Waals surface area contributed by atoms with E-state index in [0.717, 1.165) is 19.4 Å². The van der Waals surface area contributed by atoms with E-state index in [4.69, 9.17) is 4.74 Å². The van der Waals surface area contributed by atoms with E-state index in [1.807, 2.05) is 0 Å². The Labute approximate surface area is 136 Å². The second-order valence-electron chi connectivity index (χ2n) is 5.87. The van der Waals surface area contributed by atoms with Crippen LogP contribution in [0.4, 0.5) is 0 Å². The van der Waals surface area contributed by atoms with Gasteiger partial charge < -0.3 is 10.9 Å². The molecule has 0 fully saturated rings. The van der Waals surface area contributed by atoms with Crippen LogP contribution in [-0.2, 0) is 4.74 Å². The monoisotopic (exact) mass is 351 g/mol. The largest absolute Gasteiger partial charge is 0.377 e. The molecule has 0 aromatic rings. The average Bonchev–Trinajstić information content (AvgIpc) is 2.41. The minimum Gasteiger partial charge on any atom is -0.377 e. The maximum Gasteiger partial charge on any atom is 0.0722 e. The molecule has 0 aromatic carbocycles. The molecule has 124 valence electrons. The zero-order valence-corrected chi connectivity index (χ0v) is 15.9. The van der Waals surface area contributed by atoms with Crippen LogP contribution >= 0.6 is 15.9 Å². The molecular weight excluding hydrogens is 314 g/mol. The standard InChI is InChI=1S/C17H35BrO.H3N/c1-5-8-9-10-11-12-13-14-15-19-16(6-2)17(4,18)7-3;/h16H,5-15H2,1-4H3;1H3. The molecule has 0 saturated carbocycles. The van der Waals surface area contributed by atoms with Crippen LogP contribution in [0.3, 0.4) is 0 Å². The Morgan fingerprint density at radius 3 is 1.85 bits per heavy atom. The van der Waals surface area contributed by atoms with Crippen molar-refractivity contribution in [1.29, 1.82) is 0 Å². The van der Waals surface area contributed by atoms with Crippen LogP contribution in [0.25, 0.3) is 0 Å². The van der Waals surface area contributed by atoms with Crippen molar-refractivity contribution < 1.29 is 4.74 Å². The molecule has 2 unspecified atom stereocenters. The van der Waals surface area contributed by atoms with Crippen molar-refractivity contribution in [2.45, 2.75) is 102 Å². The summed E-state index contributed by atoms with van der Waals surface area (Å²) in [7, 11) is 0. The minimum absolute atomic E-state index is 0. The van der Waals surface area contributed by atoms with Gasteiger partial charge in [0.2, 0.25) is 0 Å². The van der Waals surface area contributed by atoms with Gasteiger partial charge in [0.05, 0.1) is 6.10 Å². The molecule has 0 heterocycles. The van der Waals surface area contributed by atoms with Gasteiger partial charge in [-0.2, -0.15) is 0 Å². The van der Waals surface area contributed by atoms with Crippen LogP contribution in [0.1, 0.15) is 91.9 Å². The van der Waals surface area contributed by atoms with Crippen molar-refractivity contribution in [2.75, 3.05) is 6.61 Å². The first kappa shape index (κ1) is 22.7. The van der Waals surface area contributed by atoms with Crippen LogP contribution in [0.2, 0.25) is 0 Å². The summed E-state index contributed by atoms with van der Waals surface area (Å²) in [6.45, 7) is 9.88. The van der Waals surface area contributed by atoms with Crippen molar-refractivity contribution in [3.8, 4) is 0 Å². The maximum atomic E-state index is 6.05. The molecule has 0 rings (SSSR count). The van der Waals surface area contributed by atoms with Gasteiger partial charge in [-0.15, -0.1) is 0 Å². The molecular formula is C17H38BrNO. The summed E-state index contributed by atoms with van der Waals surface area (Å²) >= 11 is 3.80. The molecule has 0 aliphatic carbocycles. The Hall–Kier alpha value is 0.400. The second kappa shape index (κ2) is 14.3. The molecule has 0 spiro atoms. The van der Waals surface area contributed by atoms with Crippen molar-refractivity contribution >= 4 is 15.9 Å². The Balaban J connectivity index is 0. The SMILES string of the molecule is CCCCCCCCCCOC(CC)C(C)(Br)CC.N. The number of alkyl halides is 1. The molecule has 0 radical (unpaired) electrons. The van der Waals surface area contributed by atoms with Gasteiger partial charge in [0, 0.05) is 10.9 Å². The smallest absolute Gasteiger partial charge is 0.0722 e. The van der Waals surface area contributed by atoms with E-state index in [-0.39, 0.29) is 10.5 Å². The summed E-state index contributed by atoms with van der Waals surface area (Å²) in [6.07, 6.45) is 13.5. The van der Waals surface area contributed by atoms with Gasteiger partial charge in [0.15, 0.2) is 0 Å². The Morgan fingerprint density at radius 1 is 0.900 bits per heavy atom. The third kappa shape index (κ3) is 11.1. The first-order chi connectivity index (χ1) is 9.08. The summed E-state index contributed by atoms with van der Waals surface area (Å²) in [5.41, 5.74) is 0. The van der Waals surface area contributed by atoms with E-state index < -0.39 is 0 Å². The summed E-state index contributed by atoms with van der Waals surface area (Å²) in [5.74, 6) is 0. The van der Waals surface area contributed by atoms with E-state index in [9.17, 15) is 0 Å². The summed E-state index contributed by atoms with van der Waals surface area (Å²) in [5, 5.41) is 0. The van der Waals surface area contributed by atoms with Gasteiger partial charge in [-0.25, -0.2) is 0 Å². The molecule has 20 heavy (non-hydrogen) atoms. The second-order valence-corrected chi connectivity index (χ2v) is 7.69. The lowest BCUT2D eigenvalue weighted by Crippen LogP contribution is -2.34. The van der Waals surface area contributed by atoms with Gasteiger partial charge in [-0.3, -0.25) is 0 Å². The van der Waals surface area contributed by atoms with E-state index >= 15 is 0 Å². The van der Waals surface area contributed by atoms with Crippen LogP contribution < -0.4 is 6.15 Å². The lowest BCUT2D eigenvalue weighted by Gasteiger charge is -2.30. The lowest BCUT2D eigenvalue weighted by molar-refractivity contribution is 0.0255. The van der Waals surface area contributed by atoms with Crippen molar-refractivity contribution in [3.05, 3.63) is 0 Å². The number of hydrogen-bond acceptors (Lipinski definition) is 2. The number of hydrogen-bond donors (Lipinski definition) is 1. The third-order valence-electron chi connectivity index (χ3n) is 4.05. The molecule has 3 N–H and O–H groups in total. The number of halogens is 1. The summed E-state index contributed by atoms with van der Waals surface area (Å²) < 4.78 is 6.19. The molecule has 2 nitrogen and oxygen atoms in total. The van der Waals surface area contributed by atoms with Crippen LogP contribution in [0.5, 0.6) is 0 Å². The quantitative estimate of drug-likeness (QED) is 0.298. The average molecular weight is 352 g/mol.